The maximum absolute atomic E-state index is 12.9. The monoisotopic (exact) mass is 246 g/mol. The first kappa shape index (κ1) is 13.5. The summed E-state index contributed by atoms with van der Waals surface area (Å²) in [6.45, 7) is 3.18. The molecule has 17 heavy (non-hydrogen) atoms. The van der Waals surface area contributed by atoms with Crippen LogP contribution in [0.15, 0.2) is 12.1 Å². The third-order valence-electron chi connectivity index (χ3n) is 2.49. The Balaban J connectivity index is 2.94. The molecule has 0 bridgehead atoms. The van der Waals surface area contributed by atoms with E-state index in [-0.39, 0.29) is 5.69 Å². The lowest BCUT2D eigenvalue weighted by atomic mass is 9.99. The van der Waals surface area contributed by atoms with Gasteiger partial charge in [-0.15, -0.1) is 0 Å². The summed E-state index contributed by atoms with van der Waals surface area (Å²) in [7, 11) is 0. The van der Waals surface area contributed by atoms with Gasteiger partial charge in [0.05, 0.1) is 5.54 Å². The van der Waals surface area contributed by atoms with E-state index >= 15 is 0 Å². The number of nitrogens with one attached hydrogen (secondary N) is 1. The minimum atomic E-state index is -1.57. The zero-order chi connectivity index (χ0) is 13.2. The van der Waals surface area contributed by atoms with Gasteiger partial charge in [-0.05, 0) is 13.3 Å². The maximum atomic E-state index is 12.9. The van der Waals surface area contributed by atoms with Gasteiger partial charge >= 0.3 is 0 Å². The number of hydrogen-bond donors (Lipinski definition) is 2. The summed E-state index contributed by atoms with van der Waals surface area (Å²) >= 11 is 0. The highest BCUT2D eigenvalue weighted by Crippen LogP contribution is 2.18. The second-order valence-electron chi connectivity index (χ2n) is 3.98. The van der Waals surface area contributed by atoms with Crippen molar-refractivity contribution in [2.75, 3.05) is 5.32 Å². The molecule has 1 rings (SSSR count). The van der Waals surface area contributed by atoms with Crippen LogP contribution in [0.25, 0.3) is 0 Å². The summed E-state index contributed by atoms with van der Waals surface area (Å²) in [6, 6.07) is 1.39. The molecule has 0 spiro atoms. The summed E-state index contributed by atoms with van der Waals surface area (Å²) in [5.41, 5.74) is 4.32. The zero-order valence-corrected chi connectivity index (χ0v) is 9.48. The van der Waals surface area contributed by atoms with Crippen molar-refractivity contribution in [1.29, 1.82) is 0 Å². The van der Waals surface area contributed by atoms with Crippen LogP contribution in [-0.2, 0) is 4.79 Å². The first-order chi connectivity index (χ1) is 7.77. The molecule has 6 heteroatoms. The molecule has 1 unspecified atom stereocenters. The van der Waals surface area contributed by atoms with Crippen LogP contribution < -0.4 is 11.1 Å². The molecule has 3 nitrogen and oxygen atoms in total. The van der Waals surface area contributed by atoms with E-state index < -0.39 is 28.9 Å². The van der Waals surface area contributed by atoms with Crippen LogP contribution in [0.1, 0.15) is 20.3 Å². The molecule has 0 heterocycles. The van der Waals surface area contributed by atoms with Crippen LogP contribution in [0.3, 0.4) is 0 Å². The Morgan fingerprint density at radius 3 is 2.24 bits per heavy atom. The lowest BCUT2D eigenvalue weighted by Crippen LogP contribution is -2.47. The van der Waals surface area contributed by atoms with Crippen molar-refractivity contribution in [1.82, 2.24) is 0 Å². The van der Waals surface area contributed by atoms with E-state index in [4.69, 9.17) is 5.73 Å². The topological polar surface area (TPSA) is 55.1 Å². The number of carbonyl (C=O) groups excluding carboxylic acids is 1. The number of hydrogen-bond acceptors (Lipinski definition) is 2. The maximum Gasteiger partial charge on any atom is 0.244 e. The number of benzene rings is 1. The second kappa shape index (κ2) is 4.75. The van der Waals surface area contributed by atoms with Crippen molar-refractivity contribution in [2.45, 2.75) is 25.8 Å². The van der Waals surface area contributed by atoms with Crippen LogP contribution >= 0.6 is 0 Å². The predicted molar refractivity (Wildman–Crippen MR) is 57.8 cm³/mol. The Morgan fingerprint density at radius 2 is 1.82 bits per heavy atom. The third kappa shape index (κ3) is 2.97. The Hall–Kier alpha value is -1.56. The lowest BCUT2D eigenvalue weighted by Gasteiger charge is -2.21. The molecule has 1 aromatic rings. The van der Waals surface area contributed by atoms with Crippen molar-refractivity contribution in [3.8, 4) is 0 Å². The first-order valence-electron chi connectivity index (χ1n) is 5.03. The lowest BCUT2D eigenvalue weighted by molar-refractivity contribution is -0.120. The molecule has 94 valence electrons. The van der Waals surface area contributed by atoms with Crippen LogP contribution in [0.5, 0.6) is 0 Å². The normalized spacial score (nSPS) is 14.2. The van der Waals surface area contributed by atoms with E-state index in [9.17, 15) is 18.0 Å². The molecule has 0 aliphatic carbocycles. The molecule has 0 fully saturated rings. The SMILES string of the molecule is CCC(C)(N)C(=O)Nc1cc(F)c(F)c(F)c1. The smallest absolute Gasteiger partial charge is 0.244 e. The minimum absolute atomic E-state index is 0.170. The number of halogens is 3. The Morgan fingerprint density at radius 1 is 1.35 bits per heavy atom. The van der Waals surface area contributed by atoms with Crippen LogP contribution in [0.2, 0.25) is 0 Å². The molecule has 0 saturated carbocycles. The van der Waals surface area contributed by atoms with Gasteiger partial charge in [-0.25, -0.2) is 13.2 Å². The molecule has 0 aliphatic rings. The molecule has 0 aromatic heterocycles. The van der Waals surface area contributed by atoms with Gasteiger partial charge in [0.25, 0.3) is 0 Å². The molecule has 1 aromatic carbocycles. The van der Waals surface area contributed by atoms with E-state index in [2.05, 4.69) is 5.32 Å². The minimum Gasteiger partial charge on any atom is -0.324 e. The van der Waals surface area contributed by atoms with Gasteiger partial charge in [0.2, 0.25) is 5.91 Å². The number of amides is 1. The van der Waals surface area contributed by atoms with Crippen molar-refractivity contribution >= 4 is 11.6 Å². The standard InChI is InChI=1S/C11H13F3N2O/c1-3-11(2,15)10(17)16-6-4-7(12)9(14)8(13)5-6/h4-5H,3,15H2,1-2H3,(H,16,17). The Bertz CT molecular complexity index is 423. The molecule has 1 amide bonds. The summed E-state index contributed by atoms with van der Waals surface area (Å²) < 4.78 is 38.4. The fourth-order valence-corrected chi connectivity index (χ4v) is 1.06. The summed E-state index contributed by atoms with van der Waals surface area (Å²) in [6.07, 6.45) is 0.352. The van der Waals surface area contributed by atoms with Crippen LogP contribution in [-0.4, -0.2) is 11.4 Å². The fraction of sp³-hybridized carbons (Fsp3) is 0.364. The van der Waals surface area contributed by atoms with Gasteiger partial charge in [-0.3, -0.25) is 4.79 Å². The van der Waals surface area contributed by atoms with Gasteiger partial charge in [0.15, 0.2) is 17.5 Å². The van der Waals surface area contributed by atoms with Gasteiger partial charge < -0.3 is 11.1 Å². The van der Waals surface area contributed by atoms with E-state index in [0.29, 0.717) is 18.6 Å². The summed E-state index contributed by atoms with van der Waals surface area (Å²) in [5, 5.41) is 2.23. The average Bonchev–Trinajstić information content (AvgIpc) is 2.25. The number of rotatable bonds is 3. The number of nitrogens with two attached hydrogens (primary N) is 1. The van der Waals surface area contributed by atoms with Crippen molar-refractivity contribution in [3.63, 3.8) is 0 Å². The van der Waals surface area contributed by atoms with Gasteiger partial charge in [-0.1, -0.05) is 6.92 Å². The molecule has 1 atom stereocenters. The van der Waals surface area contributed by atoms with E-state index in [1.165, 1.54) is 6.92 Å². The fourth-order valence-electron chi connectivity index (χ4n) is 1.06. The highest BCUT2D eigenvalue weighted by molar-refractivity contribution is 5.97. The zero-order valence-electron chi connectivity index (χ0n) is 9.48. The molecule has 0 aliphatic heterocycles. The Kier molecular flexibility index (Phi) is 3.77. The highest BCUT2D eigenvalue weighted by Gasteiger charge is 2.26. The second-order valence-corrected chi connectivity index (χ2v) is 3.98. The highest BCUT2D eigenvalue weighted by atomic mass is 19.2. The number of anilines is 1. The molecule has 3 N–H and O–H groups in total. The first-order valence-corrected chi connectivity index (χ1v) is 5.03. The molecule has 0 radical (unpaired) electrons. The summed E-state index contributed by atoms with van der Waals surface area (Å²) in [5.74, 6) is -4.90. The Labute approximate surface area is 96.8 Å². The molecule has 0 saturated heterocycles. The quantitative estimate of drug-likeness (QED) is 0.803. The van der Waals surface area contributed by atoms with E-state index in [0.717, 1.165) is 0 Å². The number of carbonyl (C=O) groups is 1. The average molecular weight is 246 g/mol. The third-order valence-corrected chi connectivity index (χ3v) is 2.49. The van der Waals surface area contributed by atoms with Crippen LogP contribution in [0.4, 0.5) is 18.9 Å². The van der Waals surface area contributed by atoms with Gasteiger partial charge in [-0.2, -0.15) is 0 Å². The summed E-state index contributed by atoms with van der Waals surface area (Å²) in [4.78, 5) is 11.6. The van der Waals surface area contributed by atoms with Gasteiger partial charge in [0.1, 0.15) is 0 Å². The van der Waals surface area contributed by atoms with Crippen LogP contribution in [0, 0.1) is 17.5 Å². The molecular weight excluding hydrogens is 233 g/mol. The van der Waals surface area contributed by atoms with Crippen molar-refractivity contribution in [3.05, 3.63) is 29.6 Å². The predicted octanol–water partition coefficient (Wildman–Crippen LogP) is 2.17. The van der Waals surface area contributed by atoms with E-state index in [1.807, 2.05) is 0 Å². The largest absolute Gasteiger partial charge is 0.324 e. The van der Waals surface area contributed by atoms with Crippen molar-refractivity contribution < 1.29 is 18.0 Å². The molecular formula is C11H13F3N2O. The van der Waals surface area contributed by atoms with Gasteiger partial charge in [0, 0.05) is 17.8 Å². The van der Waals surface area contributed by atoms with E-state index in [1.54, 1.807) is 6.92 Å². The van der Waals surface area contributed by atoms with Crippen molar-refractivity contribution in [2.24, 2.45) is 5.73 Å².